The quantitative estimate of drug-likeness (QED) is 0.842. The third-order valence-electron chi connectivity index (χ3n) is 2.72. The number of methoxy groups -OCH3 is 1. The molecule has 106 valence electrons. The molecule has 0 radical (unpaired) electrons. The lowest BCUT2D eigenvalue weighted by molar-refractivity contribution is -0.137. The van der Waals surface area contributed by atoms with E-state index < -0.39 is 11.7 Å². The fraction of sp³-hybridized carbons (Fsp3) is 0.143. The average Bonchev–Trinajstić information content (AvgIpc) is 2.35. The Balaban J connectivity index is 2.64. The van der Waals surface area contributed by atoms with Gasteiger partial charge in [0.25, 0.3) is 0 Å². The minimum Gasteiger partial charge on any atom is -0.508 e. The average molecular weight is 347 g/mol. The van der Waals surface area contributed by atoms with Gasteiger partial charge in [-0.3, -0.25) is 0 Å². The summed E-state index contributed by atoms with van der Waals surface area (Å²) < 4.78 is 44.0. The van der Waals surface area contributed by atoms with E-state index >= 15 is 0 Å². The maximum Gasteiger partial charge on any atom is 0.416 e. The highest BCUT2D eigenvalue weighted by Gasteiger charge is 2.31. The first-order valence-electron chi connectivity index (χ1n) is 5.56. The molecule has 0 amide bonds. The molecule has 0 bridgehead atoms. The van der Waals surface area contributed by atoms with E-state index in [1.807, 2.05) is 0 Å². The van der Waals surface area contributed by atoms with Crippen LogP contribution in [0.25, 0.3) is 11.1 Å². The number of aromatic hydroxyl groups is 1. The van der Waals surface area contributed by atoms with Crippen LogP contribution in [-0.4, -0.2) is 12.2 Å². The molecule has 0 aliphatic rings. The standard InChI is InChI=1S/C14H10BrF3O2/c1-20-13-3-2-9(14(16,17)18)6-12(13)8-4-10(15)7-11(19)5-8/h2-7,19H,1H3. The predicted molar refractivity (Wildman–Crippen MR) is 72.8 cm³/mol. The zero-order valence-corrected chi connectivity index (χ0v) is 11.9. The van der Waals surface area contributed by atoms with Crippen molar-refractivity contribution in [2.75, 3.05) is 7.11 Å². The van der Waals surface area contributed by atoms with Crippen molar-refractivity contribution in [1.82, 2.24) is 0 Å². The number of halogens is 4. The Morgan fingerprint density at radius 1 is 1.10 bits per heavy atom. The largest absolute Gasteiger partial charge is 0.508 e. The Morgan fingerprint density at radius 2 is 1.80 bits per heavy atom. The van der Waals surface area contributed by atoms with Crippen molar-refractivity contribution in [3.05, 3.63) is 46.4 Å². The van der Waals surface area contributed by atoms with Crippen molar-refractivity contribution < 1.29 is 23.0 Å². The van der Waals surface area contributed by atoms with Crippen LogP contribution in [0.5, 0.6) is 11.5 Å². The molecule has 2 aromatic rings. The molecule has 0 aliphatic heterocycles. The lowest BCUT2D eigenvalue weighted by Gasteiger charge is -2.13. The van der Waals surface area contributed by atoms with E-state index in [-0.39, 0.29) is 11.3 Å². The number of hydrogen-bond acceptors (Lipinski definition) is 2. The monoisotopic (exact) mass is 346 g/mol. The van der Waals surface area contributed by atoms with Gasteiger partial charge in [-0.1, -0.05) is 15.9 Å². The molecular weight excluding hydrogens is 337 g/mol. The Bertz CT molecular complexity index is 619. The second kappa shape index (κ2) is 5.36. The lowest BCUT2D eigenvalue weighted by atomic mass is 10.0. The van der Waals surface area contributed by atoms with Crippen LogP contribution in [0.2, 0.25) is 0 Å². The SMILES string of the molecule is COc1ccc(C(F)(F)F)cc1-c1cc(O)cc(Br)c1. The maximum absolute atomic E-state index is 12.8. The first kappa shape index (κ1) is 14.7. The van der Waals surface area contributed by atoms with Gasteiger partial charge < -0.3 is 9.84 Å². The Kier molecular flexibility index (Phi) is 3.94. The highest BCUT2D eigenvalue weighted by atomic mass is 79.9. The number of rotatable bonds is 2. The molecule has 2 rings (SSSR count). The van der Waals surface area contributed by atoms with Crippen LogP contribution >= 0.6 is 15.9 Å². The molecule has 0 saturated carbocycles. The third kappa shape index (κ3) is 3.07. The van der Waals surface area contributed by atoms with Crippen LogP contribution in [0.4, 0.5) is 13.2 Å². The number of hydrogen-bond donors (Lipinski definition) is 1. The zero-order valence-electron chi connectivity index (χ0n) is 10.3. The van der Waals surface area contributed by atoms with Crippen molar-refractivity contribution in [3.8, 4) is 22.6 Å². The zero-order chi connectivity index (χ0) is 14.9. The summed E-state index contributed by atoms with van der Waals surface area (Å²) in [5.74, 6) is 0.254. The van der Waals surface area contributed by atoms with Crippen molar-refractivity contribution in [1.29, 1.82) is 0 Å². The second-order valence-electron chi connectivity index (χ2n) is 4.11. The van der Waals surface area contributed by atoms with E-state index in [1.54, 1.807) is 6.07 Å². The number of benzene rings is 2. The minimum absolute atomic E-state index is 0.0474. The highest BCUT2D eigenvalue weighted by Crippen LogP contribution is 2.38. The summed E-state index contributed by atoms with van der Waals surface area (Å²) >= 11 is 3.19. The van der Waals surface area contributed by atoms with E-state index in [4.69, 9.17) is 4.74 Å². The van der Waals surface area contributed by atoms with Gasteiger partial charge in [0, 0.05) is 10.0 Å². The van der Waals surface area contributed by atoms with Crippen LogP contribution < -0.4 is 4.74 Å². The fourth-order valence-corrected chi connectivity index (χ4v) is 2.32. The van der Waals surface area contributed by atoms with Crippen molar-refractivity contribution in [2.45, 2.75) is 6.18 Å². The summed E-state index contributed by atoms with van der Waals surface area (Å²) in [5.41, 5.74) is -0.0773. The topological polar surface area (TPSA) is 29.5 Å². The van der Waals surface area contributed by atoms with Gasteiger partial charge in [-0.05, 0) is 42.0 Å². The lowest BCUT2D eigenvalue weighted by Crippen LogP contribution is -2.05. The molecule has 2 nitrogen and oxygen atoms in total. The first-order valence-corrected chi connectivity index (χ1v) is 6.35. The van der Waals surface area contributed by atoms with E-state index in [2.05, 4.69) is 15.9 Å². The van der Waals surface area contributed by atoms with Crippen molar-refractivity contribution in [2.24, 2.45) is 0 Å². The Labute approximate surface area is 121 Å². The van der Waals surface area contributed by atoms with Gasteiger partial charge in [0.15, 0.2) is 0 Å². The molecule has 0 aliphatic carbocycles. The van der Waals surface area contributed by atoms with Gasteiger partial charge in [-0.2, -0.15) is 13.2 Å². The molecule has 1 N–H and O–H groups in total. The smallest absolute Gasteiger partial charge is 0.416 e. The van der Waals surface area contributed by atoms with Gasteiger partial charge in [0.05, 0.1) is 12.7 Å². The molecular formula is C14H10BrF3O2. The summed E-state index contributed by atoms with van der Waals surface area (Å²) in [6, 6.07) is 7.65. The van der Waals surface area contributed by atoms with Crippen molar-refractivity contribution >= 4 is 15.9 Å². The van der Waals surface area contributed by atoms with Gasteiger partial charge >= 0.3 is 6.18 Å². The molecule has 2 aromatic carbocycles. The van der Waals surface area contributed by atoms with E-state index in [9.17, 15) is 18.3 Å². The number of phenolic OH excluding ortho intramolecular Hbond substituents is 1. The van der Waals surface area contributed by atoms with Crippen molar-refractivity contribution in [3.63, 3.8) is 0 Å². The fourth-order valence-electron chi connectivity index (χ4n) is 1.84. The van der Waals surface area contributed by atoms with Gasteiger partial charge in [-0.15, -0.1) is 0 Å². The molecule has 0 spiro atoms. The van der Waals surface area contributed by atoms with E-state index in [0.29, 0.717) is 15.8 Å². The number of ether oxygens (including phenoxy) is 1. The van der Waals surface area contributed by atoms with Crippen LogP contribution in [0, 0.1) is 0 Å². The van der Waals surface area contributed by atoms with Gasteiger partial charge in [0.1, 0.15) is 11.5 Å². The number of phenols is 1. The number of alkyl halides is 3. The normalized spacial score (nSPS) is 11.4. The van der Waals surface area contributed by atoms with Crippen LogP contribution in [0.15, 0.2) is 40.9 Å². The van der Waals surface area contributed by atoms with Gasteiger partial charge in [0.2, 0.25) is 0 Å². The molecule has 20 heavy (non-hydrogen) atoms. The summed E-state index contributed by atoms with van der Waals surface area (Å²) in [4.78, 5) is 0. The Morgan fingerprint density at radius 3 is 2.35 bits per heavy atom. The van der Waals surface area contributed by atoms with Crippen LogP contribution in [0.3, 0.4) is 0 Å². The van der Waals surface area contributed by atoms with Gasteiger partial charge in [-0.25, -0.2) is 0 Å². The molecule has 0 fully saturated rings. The van der Waals surface area contributed by atoms with E-state index in [1.165, 1.54) is 25.3 Å². The maximum atomic E-state index is 12.8. The molecule has 0 aromatic heterocycles. The summed E-state index contributed by atoms with van der Waals surface area (Å²) in [6.45, 7) is 0. The minimum atomic E-state index is -4.44. The van der Waals surface area contributed by atoms with E-state index in [0.717, 1.165) is 12.1 Å². The van der Waals surface area contributed by atoms with Crippen LogP contribution in [0.1, 0.15) is 5.56 Å². The molecule has 0 saturated heterocycles. The first-order chi connectivity index (χ1) is 9.31. The Hall–Kier alpha value is -1.69. The second-order valence-corrected chi connectivity index (χ2v) is 5.03. The van der Waals surface area contributed by atoms with Crippen LogP contribution in [-0.2, 0) is 6.18 Å². The highest BCUT2D eigenvalue weighted by molar-refractivity contribution is 9.10. The summed E-state index contributed by atoms with van der Waals surface area (Å²) in [5, 5.41) is 9.55. The molecule has 0 unspecified atom stereocenters. The summed E-state index contributed by atoms with van der Waals surface area (Å²) in [7, 11) is 1.38. The molecule has 0 heterocycles. The predicted octanol–water partition coefficient (Wildman–Crippen LogP) is 4.85. The summed E-state index contributed by atoms with van der Waals surface area (Å²) in [6.07, 6.45) is -4.44. The molecule has 0 atom stereocenters. The molecule has 6 heteroatoms. The third-order valence-corrected chi connectivity index (χ3v) is 3.18.